The lowest BCUT2D eigenvalue weighted by Gasteiger charge is -2.43. The molecule has 0 radical (unpaired) electrons. The van der Waals surface area contributed by atoms with Crippen LogP contribution in [0.1, 0.15) is 12.1 Å². The number of ether oxygens (including phenoxy) is 1. The molecule has 6 heteroatoms. The number of thioether (sulfide) groups is 1. The van der Waals surface area contributed by atoms with Crippen LogP contribution in [0.2, 0.25) is 0 Å². The fourth-order valence-electron chi connectivity index (χ4n) is 3.11. The van der Waals surface area contributed by atoms with Crippen LogP contribution in [-0.4, -0.2) is 64.3 Å². The average molecular weight is 296 g/mol. The Morgan fingerprint density at radius 1 is 1.45 bits per heavy atom. The van der Waals surface area contributed by atoms with Crippen molar-refractivity contribution in [3.8, 4) is 0 Å². The molecule has 5 nitrogen and oxygen atoms in total. The zero-order chi connectivity index (χ0) is 13.8. The van der Waals surface area contributed by atoms with Crippen molar-refractivity contribution >= 4 is 11.8 Å². The van der Waals surface area contributed by atoms with E-state index in [1.165, 1.54) is 23.6 Å². The number of morpholine rings is 1. The number of nitrogens with one attached hydrogen (secondary N) is 1. The number of aryl methyl sites for hydroxylation is 1. The first-order valence-electron chi connectivity index (χ1n) is 7.37. The van der Waals surface area contributed by atoms with Crippen molar-refractivity contribution in [1.29, 1.82) is 0 Å². The highest BCUT2D eigenvalue weighted by Gasteiger charge is 2.40. The number of hydrogen-bond donors (Lipinski definition) is 1. The van der Waals surface area contributed by atoms with Crippen LogP contribution in [0.3, 0.4) is 0 Å². The van der Waals surface area contributed by atoms with Crippen LogP contribution in [-0.2, 0) is 18.3 Å². The van der Waals surface area contributed by atoms with E-state index in [-0.39, 0.29) is 0 Å². The summed E-state index contributed by atoms with van der Waals surface area (Å²) in [5.41, 5.74) is 1.57. The topological polar surface area (TPSA) is 42.3 Å². The molecule has 112 valence electrons. The maximum atomic E-state index is 5.50. The van der Waals surface area contributed by atoms with E-state index in [1.807, 2.05) is 19.6 Å². The minimum atomic E-state index is 0.326. The molecule has 0 amide bonds. The third-order valence-corrected chi connectivity index (χ3v) is 5.68. The number of hydrogen-bond acceptors (Lipinski definition) is 5. The van der Waals surface area contributed by atoms with Crippen molar-refractivity contribution in [1.82, 2.24) is 19.8 Å². The Morgan fingerprint density at radius 2 is 2.30 bits per heavy atom. The van der Waals surface area contributed by atoms with Crippen molar-refractivity contribution in [2.75, 3.05) is 44.4 Å². The minimum Gasteiger partial charge on any atom is -0.379 e. The van der Waals surface area contributed by atoms with E-state index in [0.29, 0.717) is 5.54 Å². The molecule has 2 aliphatic rings. The molecule has 1 atom stereocenters. The Bertz CT molecular complexity index is 425. The van der Waals surface area contributed by atoms with Gasteiger partial charge in [0.15, 0.2) is 0 Å². The lowest BCUT2D eigenvalue weighted by atomic mass is 9.95. The minimum absolute atomic E-state index is 0.326. The van der Waals surface area contributed by atoms with Crippen LogP contribution < -0.4 is 5.32 Å². The average Bonchev–Trinajstić information content (AvgIpc) is 3.11. The molecular weight excluding hydrogens is 272 g/mol. The van der Waals surface area contributed by atoms with Crippen LogP contribution in [0, 0.1) is 0 Å². The monoisotopic (exact) mass is 296 g/mol. The van der Waals surface area contributed by atoms with Crippen molar-refractivity contribution in [2.45, 2.75) is 18.5 Å². The molecular formula is C14H24N4OS. The van der Waals surface area contributed by atoms with Crippen molar-refractivity contribution in [2.24, 2.45) is 7.05 Å². The molecule has 1 aromatic heterocycles. The van der Waals surface area contributed by atoms with Gasteiger partial charge in [0.2, 0.25) is 0 Å². The molecule has 2 fully saturated rings. The first kappa shape index (κ1) is 14.4. The molecule has 0 unspecified atom stereocenters. The van der Waals surface area contributed by atoms with Crippen LogP contribution in [0.15, 0.2) is 12.5 Å². The molecule has 1 aromatic rings. The predicted molar refractivity (Wildman–Crippen MR) is 82.0 cm³/mol. The molecule has 3 rings (SSSR count). The van der Waals surface area contributed by atoms with Crippen LogP contribution >= 0.6 is 11.8 Å². The van der Waals surface area contributed by atoms with E-state index >= 15 is 0 Å². The van der Waals surface area contributed by atoms with Gasteiger partial charge in [0.25, 0.3) is 0 Å². The van der Waals surface area contributed by atoms with Crippen LogP contribution in [0.5, 0.6) is 0 Å². The second-order valence-corrected chi connectivity index (χ2v) is 6.83. The maximum absolute atomic E-state index is 5.50. The van der Waals surface area contributed by atoms with Gasteiger partial charge in [0.05, 0.1) is 25.2 Å². The van der Waals surface area contributed by atoms with Gasteiger partial charge in [-0.15, -0.1) is 0 Å². The summed E-state index contributed by atoms with van der Waals surface area (Å²) in [4.78, 5) is 6.82. The van der Waals surface area contributed by atoms with Crippen LogP contribution in [0.25, 0.3) is 0 Å². The van der Waals surface area contributed by atoms with Gasteiger partial charge in [-0.05, 0) is 12.2 Å². The van der Waals surface area contributed by atoms with Gasteiger partial charge in [-0.1, -0.05) is 0 Å². The predicted octanol–water partition coefficient (Wildman–Crippen LogP) is 0.718. The molecule has 3 heterocycles. The zero-order valence-electron chi connectivity index (χ0n) is 12.2. The highest BCUT2D eigenvalue weighted by Crippen LogP contribution is 2.33. The lowest BCUT2D eigenvalue weighted by molar-refractivity contribution is -0.0134. The van der Waals surface area contributed by atoms with E-state index < -0.39 is 0 Å². The molecule has 0 saturated carbocycles. The quantitative estimate of drug-likeness (QED) is 0.867. The number of rotatable bonds is 5. The van der Waals surface area contributed by atoms with Crippen molar-refractivity contribution < 1.29 is 4.74 Å². The normalized spacial score (nSPS) is 28.1. The van der Waals surface area contributed by atoms with Crippen LogP contribution in [0.4, 0.5) is 0 Å². The highest BCUT2D eigenvalue weighted by atomic mass is 32.2. The van der Waals surface area contributed by atoms with E-state index in [4.69, 9.17) is 4.74 Å². The zero-order valence-corrected chi connectivity index (χ0v) is 13.0. The SMILES string of the molecule is Cn1cncc1CNC[C@@]1(N2CCOCC2)CCSC1. The van der Waals surface area contributed by atoms with E-state index in [2.05, 4.69) is 31.5 Å². The summed E-state index contributed by atoms with van der Waals surface area (Å²) in [5, 5.41) is 3.65. The number of aromatic nitrogens is 2. The van der Waals surface area contributed by atoms with Gasteiger partial charge in [-0.3, -0.25) is 4.90 Å². The fraction of sp³-hybridized carbons (Fsp3) is 0.786. The largest absolute Gasteiger partial charge is 0.379 e. The number of imidazole rings is 1. The molecule has 0 spiro atoms. The number of nitrogens with zero attached hydrogens (tertiary/aromatic N) is 3. The lowest BCUT2D eigenvalue weighted by Crippen LogP contribution is -2.58. The Morgan fingerprint density at radius 3 is 2.95 bits per heavy atom. The molecule has 0 bridgehead atoms. The summed E-state index contributed by atoms with van der Waals surface area (Å²) in [6, 6.07) is 0. The fourth-order valence-corrected chi connectivity index (χ4v) is 4.59. The van der Waals surface area contributed by atoms with Gasteiger partial charge in [0, 0.05) is 50.7 Å². The molecule has 20 heavy (non-hydrogen) atoms. The van der Waals surface area contributed by atoms with Crippen molar-refractivity contribution in [3.63, 3.8) is 0 Å². The third-order valence-electron chi connectivity index (χ3n) is 4.44. The second-order valence-electron chi connectivity index (χ2n) is 5.73. The summed E-state index contributed by atoms with van der Waals surface area (Å²) in [5.74, 6) is 2.52. The second kappa shape index (κ2) is 6.47. The van der Waals surface area contributed by atoms with E-state index in [1.54, 1.807) is 0 Å². The molecule has 1 N–H and O–H groups in total. The summed E-state index contributed by atoms with van der Waals surface area (Å²) >= 11 is 2.09. The van der Waals surface area contributed by atoms with Gasteiger partial charge in [0.1, 0.15) is 0 Å². The van der Waals surface area contributed by atoms with Gasteiger partial charge in [-0.25, -0.2) is 4.98 Å². The van der Waals surface area contributed by atoms with Gasteiger partial charge < -0.3 is 14.6 Å². The summed E-state index contributed by atoms with van der Waals surface area (Å²) < 4.78 is 7.58. The smallest absolute Gasteiger partial charge is 0.0945 e. The Hall–Kier alpha value is -0.560. The summed E-state index contributed by atoms with van der Waals surface area (Å²) in [6.07, 6.45) is 5.09. The maximum Gasteiger partial charge on any atom is 0.0945 e. The van der Waals surface area contributed by atoms with Gasteiger partial charge in [-0.2, -0.15) is 11.8 Å². The standard InChI is InChI=1S/C14H24N4OS/c1-17-12-16-9-13(17)8-15-10-14(2-7-20-11-14)18-3-5-19-6-4-18/h9,12,15H,2-8,10-11H2,1H3/t14-/m0/s1. The molecule has 0 aliphatic carbocycles. The Balaban J connectivity index is 1.58. The summed E-state index contributed by atoms with van der Waals surface area (Å²) in [7, 11) is 2.05. The third kappa shape index (κ3) is 3.03. The van der Waals surface area contributed by atoms with Crippen molar-refractivity contribution in [3.05, 3.63) is 18.2 Å². The molecule has 2 aliphatic heterocycles. The Kier molecular flexibility index (Phi) is 4.65. The summed E-state index contributed by atoms with van der Waals surface area (Å²) in [6.45, 7) is 5.88. The molecule has 0 aromatic carbocycles. The van der Waals surface area contributed by atoms with Gasteiger partial charge >= 0.3 is 0 Å². The first-order chi connectivity index (χ1) is 9.80. The van der Waals surface area contributed by atoms with E-state index in [9.17, 15) is 0 Å². The van der Waals surface area contributed by atoms with E-state index in [0.717, 1.165) is 39.4 Å². The molecule has 2 saturated heterocycles. The highest BCUT2D eigenvalue weighted by molar-refractivity contribution is 7.99. The first-order valence-corrected chi connectivity index (χ1v) is 8.52. The Labute approximate surface area is 125 Å².